The van der Waals surface area contributed by atoms with Crippen LogP contribution in [0, 0.1) is 0 Å². The fraction of sp³-hybridized carbons (Fsp3) is 0.211. The van der Waals surface area contributed by atoms with Crippen LogP contribution in [0.15, 0.2) is 53.6 Å². The average Bonchev–Trinajstić information content (AvgIpc) is 2.66. The Labute approximate surface area is 156 Å². The molecule has 0 bridgehead atoms. The summed E-state index contributed by atoms with van der Waals surface area (Å²) < 4.78 is 5.32. The molecular weight excluding hydrogens is 352 g/mol. The number of hydrogen-bond acceptors (Lipinski definition) is 5. The molecule has 0 fully saturated rings. The first-order valence-electron chi connectivity index (χ1n) is 7.87. The minimum absolute atomic E-state index is 0.0214. The number of benzene rings is 2. The largest absolute Gasteiger partial charge is 0.496 e. The molecule has 2 aromatic rings. The van der Waals surface area contributed by atoms with Crippen LogP contribution in [0.5, 0.6) is 5.75 Å². The SMILES string of the molecule is COc1ccc(/C(C)=N\NC(=O)c2ccccc2)cc1CSCC(=O)O. The van der Waals surface area contributed by atoms with Gasteiger partial charge in [-0.2, -0.15) is 5.10 Å². The molecular formula is C19H20N2O4S. The molecule has 0 aliphatic carbocycles. The van der Waals surface area contributed by atoms with Crippen molar-refractivity contribution in [2.75, 3.05) is 12.9 Å². The molecule has 0 heterocycles. The Hall–Kier alpha value is -2.80. The lowest BCUT2D eigenvalue weighted by Crippen LogP contribution is -2.19. The van der Waals surface area contributed by atoms with Crippen molar-refractivity contribution in [3.8, 4) is 5.75 Å². The van der Waals surface area contributed by atoms with E-state index in [1.165, 1.54) is 11.8 Å². The fourth-order valence-corrected chi connectivity index (χ4v) is 2.94. The van der Waals surface area contributed by atoms with Crippen LogP contribution in [-0.4, -0.2) is 35.6 Å². The highest BCUT2D eigenvalue weighted by Crippen LogP contribution is 2.25. The van der Waals surface area contributed by atoms with Crippen LogP contribution in [-0.2, 0) is 10.5 Å². The Balaban J connectivity index is 2.10. The van der Waals surface area contributed by atoms with Gasteiger partial charge in [0.15, 0.2) is 0 Å². The van der Waals surface area contributed by atoms with Crippen LogP contribution in [0.4, 0.5) is 0 Å². The number of aliphatic carboxylic acids is 1. The third-order valence-corrected chi connectivity index (χ3v) is 4.51. The van der Waals surface area contributed by atoms with E-state index in [0.717, 1.165) is 11.1 Å². The second-order valence-corrected chi connectivity index (χ2v) is 6.40. The summed E-state index contributed by atoms with van der Waals surface area (Å²) in [7, 11) is 1.57. The average molecular weight is 372 g/mol. The van der Waals surface area contributed by atoms with Gasteiger partial charge in [-0.05, 0) is 42.8 Å². The van der Waals surface area contributed by atoms with Gasteiger partial charge in [-0.1, -0.05) is 18.2 Å². The number of ether oxygens (including phenoxy) is 1. The highest BCUT2D eigenvalue weighted by molar-refractivity contribution is 7.99. The van der Waals surface area contributed by atoms with Crippen molar-refractivity contribution in [1.82, 2.24) is 5.43 Å². The maximum Gasteiger partial charge on any atom is 0.313 e. The molecule has 2 rings (SSSR count). The number of carboxylic acid groups (broad SMARTS) is 1. The van der Waals surface area contributed by atoms with Gasteiger partial charge in [0.1, 0.15) is 5.75 Å². The summed E-state index contributed by atoms with van der Waals surface area (Å²) in [5.74, 6) is 0.0792. The molecule has 0 spiro atoms. The summed E-state index contributed by atoms with van der Waals surface area (Å²) in [6.07, 6.45) is 0. The van der Waals surface area contributed by atoms with Gasteiger partial charge in [0.05, 0.1) is 18.6 Å². The van der Waals surface area contributed by atoms with Crippen LogP contribution in [0.1, 0.15) is 28.4 Å². The summed E-state index contributed by atoms with van der Waals surface area (Å²) >= 11 is 1.29. The molecule has 2 aromatic carbocycles. The van der Waals surface area contributed by atoms with Crippen molar-refractivity contribution >= 4 is 29.4 Å². The molecule has 2 N–H and O–H groups in total. The van der Waals surface area contributed by atoms with E-state index in [2.05, 4.69) is 10.5 Å². The number of rotatable bonds is 8. The Morgan fingerprint density at radius 3 is 2.54 bits per heavy atom. The zero-order valence-electron chi connectivity index (χ0n) is 14.6. The molecule has 1 amide bonds. The van der Waals surface area contributed by atoms with Crippen molar-refractivity contribution in [2.24, 2.45) is 5.10 Å². The van der Waals surface area contributed by atoms with Gasteiger partial charge >= 0.3 is 5.97 Å². The van der Waals surface area contributed by atoms with Crippen LogP contribution in [0.2, 0.25) is 0 Å². The summed E-state index contributed by atoms with van der Waals surface area (Å²) in [6.45, 7) is 1.79. The van der Waals surface area contributed by atoms with Gasteiger partial charge in [0.2, 0.25) is 0 Å². The molecule has 0 saturated heterocycles. The van der Waals surface area contributed by atoms with E-state index in [1.54, 1.807) is 38.3 Å². The topological polar surface area (TPSA) is 88.0 Å². The molecule has 0 unspecified atom stereocenters. The first-order valence-corrected chi connectivity index (χ1v) is 9.03. The second-order valence-electron chi connectivity index (χ2n) is 5.42. The van der Waals surface area contributed by atoms with Crippen molar-refractivity contribution in [2.45, 2.75) is 12.7 Å². The zero-order chi connectivity index (χ0) is 18.9. The maximum atomic E-state index is 12.1. The number of amides is 1. The highest BCUT2D eigenvalue weighted by atomic mass is 32.2. The molecule has 0 aromatic heterocycles. The number of nitrogens with one attached hydrogen (secondary N) is 1. The minimum Gasteiger partial charge on any atom is -0.496 e. The van der Waals surface area contributed by atoms with Gasteiger partial charge in [-0.3, -0.25) is 9.59 Å². The fourth-order valence-electron chi connectivity index (χ4n) is 2.22. The van der Waals surface area contributed by atoms with Crippen LogP contribution in [0.3, 0.4) is 0 Å². The van der Waals surface area contributed by atoms with Crippen LogP contribution in [0.25, 0.3) is 0 Å². The summed E-state index contributed by atoms with van der Waals surface area (Å²) in [5, 5.41) is 12.9. The monoisotopic (exact) mass is 372 g/mol. The first kappa shape index (κ1) is 19.5. The molecule has 7 heteroatoms. The quantitative estimate of drug-likeness (QED) is 0.549. The van der Waals surface area contributed by atoms with E-state index < -0.39 is 5.97 Å². The van der Waals surface area contributed by atoms with E-state index >= 15 is 0 Å². The van der Waals surface area contributed by atoms with Gasteiger partial charge in [0.25, 0.3) is 5.91 Å². The van der Waals surface area contributed by atoms with Crippen LogP contribution >= 0.6 is 11.8 Å². The Bertz CT molecular complexity index is 806. The third kappa shape index (κ3) is 5.63. The van der Waals surface area contributed by atoms with E-state index in [9.17, 15) is 9.59 Å². The van der Waals surface area contributed by atoms with Gasteiger partial charge < -0.3 is 9.84 Å². The lowest BCUT2D eigenvalue weighted by Gasteiger charge is -2.10. The molecule has 6 nitrogen and oxygen atoms in total. The Morgan fingerprint density at radius 1 is 1.15 bits per heavy atom. The number of methoxy groups -OCH3 is 1. The Kier molecular flexibility index (Phi) is 7.23. The smallest absolute Gasteiger partial charge is 0.313 e. The van der Waals surface area contributed by atoms with Gasteiger partial charge in [-0.15, -0.1) is 11.8 Å². The summed E-state index contributed by atoms with van der Waals surface area (Å²) in [5.41, 5.74) is 5.41. The van der Waals surface area contributed by atoms with E-state index in [1.807, 2.05) is 24.3 Å². The van der Waals surface area contributed by atoms with E-state index in [-0.39, 0.29) is 11.7 Å². The van der Waals surface area contributed by atoms with Crippen molar-refractivity contribution in [1.29, 1.82) is 0 Å². The first-order chi connectivity index (χ1) is 12.5. The number of hydrazone groups is 1. The Morgan fingerprint density at radius 2 is 1.88 bits per heavy atom. The number of thioether (sulfide) groups is 1. The van der Waals surface area contributed by atoms with E-state index in [4.69, 9.17) is 9.84 Å². The highest BCUT2D eigenvalue weighted by Gasteiger charge is 2.09. The lowest BCUT2D eigenvalue weighted by molar-refractivity contribution is -0.133. The predicted octanol–water partition coefficient (Wildman–Crippen LogP) is 3.17. The summed E-state index contributed by atoms with van der Waals surface area (Å²) in [4.78, 5) is 22.7. The molecule has 0 saturated carbocycles. The second kappa shape index (κ2) is 9.62. The zero-order valence-corrected chi connectivity index (χ0v) is 15.4. The predicted molar refractivity (Wildman–Crippen MR) is 103 cm³/mol. The number of hydrogen-bond donors (Lipinski definition) is 2. The molecule has 0 atom stereocenters. The molecule has 26 heavy (non-hydrogen) atoms. The number of carbonyl (C=O) groups is 2. The van der Waals surface area contributed by atoms with Gasteiger partial charge in [0, 0.05) is 16.9 Å². The molecule has 136 valence electrons. The van der Waals surface area contributed by atoms with Crippen LogP contribution < -0.4 is 10.2 Å². The maximum absolute atomic E-state index is 12.1. The molecule has 0 radical (unpaired) electrons. The number of carboxylic acids is 1. The van der Waals surface area contributed by atoms with Gasteiger partial charge in [-0.25, -0.2) is 5.43 Å². The number of nitrogens with zero attached hydrogens (tertiary/aromatic N) is 1. The van der Waals surface area contributed by atoms with E-state index in [0.29, 0.717) is 22.8 Å². The third-order valence-electron chi connectivity index (χ3n) is 3.54. The normalized spacial score (nSPS) is 11.1. The van der Waals surface area contributed by atoms with Crippen molar-refractivity contribution in [3.05, 3.63) is 65.2 Å². The summed E-state index contributed by atoms with van der Waals surface area (Å²) in [6, 6.07) is 14.4. The number of carbonyl (C=O) groups excluding carboxylic acids is 1. The lowest BCUT2D eigenvalue weighted by atomic mass is 10.1. The standard InChI is InChI=1S/C19H20N2O4S/c1-13(20-21-19(24)14-6-4-3-5-7-14)15-8-9-17(25-2)16(10-15)11-26-12-18(22)23/h3-10H,11-12H2,1-2H3,(H,21,24)(H,22,23)/b20-13-. The van der Waals surface area contributed by atoms with Crippen molar-refractivity contribution in [3.63, 3.8) is 0 Å². The minimum atomic E-state index is -0.855. The van der Waals surface area contributed by atoms with Crippen molar-refractivity contribution < 1.29 is 19.4 Å². The molecule has 0 aliphatic rings. The molecule has 0 aliphatic heterocycles.